The summed E-state index contributed by atoms with van der Waals surface area (Å²) in [4.78, 5) is 0. The van der Waals surface area contributed by atoms with Gasteiger partial charge in [-0.05, 0) is 52.6 Å². The molecule has 0 aliphatic carbocycles. The van der Waals surface area contributed by atoms with Crippen LogP contribution in [-0.4, -0.2) is 39.6 Å². The van der Waals surface area contributed by atoms with E-state index in [1.54, 1.807) is 0 Å². The Balaban J connectivity index is 1.75. The average molecular weight is 402 g/mol. The van der Waals surface area contributed by atoms with Crippen LogP contribution >= 0.6 is 0 Å². The van der Waals surface area contributed by atoms with Crippen LogP contribution in [-0.2, 0) is 0 Å². The SMILES string of the molecule is c1cc2c(c3c1OCCO3)c1ccc3c(c1c1ccc4c(c21)OCCO4)OCCO3. The van der Waals surface area contributed by atoms with Gasteiger partial charge < -0.3 is 28.4 Å². The van der Waals surface area contributed by atoms with E-state index < -0.39 is 0 Å². The number of ether oxygens (including phenoxy) is 6. The van der Waals surface area contributed by atoms with Crippen LogP contribution in [0.25, 0.3) is 32.3 Å². The minimum absolute atomic E-state index is 0.517. The second-order valence-corrected chi connectivity index (χ2v) is 7.54. The third-order valence-corrected chi connectivity index (χ3v) is 5.93. The first kappa shape index (κ1) is 16.3. The topological polar surface area (TPSA) is 55.4 Å². The molecule has 3 aliphatic heterocycles. The molecule has 0 unspecified atom stereocenters. The molecule has 0 saturated heterocycles. The van der Waals surface area contributed by atoms with E-state index >= 15 is 0 Å². The maximum absolute atomic E-state index is 6.11. The first-order valence-electron chi connectivity index (χ1n) is 10.2. The molecule has 7 rings (SSSR count). The molecule has 6 nitrogen and oxygen atoms in total. The van der Waals surface area contributed by atoms with Gasteiger partial charge in [0.15, 0.2) is 34.5 Å². The molecule has 0 bridgehead atoms. The summed E-state index contributed by atoms with van der Waals surface area (Å²) < 4.78 is 36.0. The molecule has 0 saturated carbocycles. The van der Waals surface area contributed by atoms with Crippen LogP contribution < -0.4 is 28.4 Å². The lowest BCUT2D eigenvalue weighted by Gasteiger charge is -2.26. The van der Waals surface area contributed by atoms with Crippen molar-refractivity contribution in [3.05, 3.63) is 36.4 Å². The fourth-order valence-corrected chi connectivity index (χ4v) is 4.77. The largest absolute Gasteiger partial charge is 0.486 e. The highest BCUT2D eigenvalue weighted by molar-refractivity contribution is 6.30. The van der Waals surface area contributed by atoms with E-state index in [-0.39, 0.29) is 0 Å². The van der Waals surface area contributed by atoms with Crippen molar-refractivity contribution < 1.29 is 28.4 Å². The second-order valence-electron chi connectivity index (χ2n) is 7.54. The Hall–Kier alpha value is -3.54. The Morgan fingerprint density at radius 2 is 0.667 bits per heavy atom. The fraction of sp³-hybridized carbons (Fsp3) is 0.250. The lowest BCUT2D eigenvalue weighted by molar-refractivity contribution is 0.173. The van der Waals surface area contributed by atoms with E-state index in [9.17, 15) is 0 Å². The average Bonchev–Trinajstić information content (AvgIpc) is 2.82. The molecule has 6 heteroatoms. The summed E-state index contributed by atoms with van der Waals surface area (Å²) in [5.41, 5.74) is 0. The summed E-state index contributed by atoms with van der Waals surface area (Å²) in [5.74, 6) is 4.55. The van der Waals surface area contributed by atoms with Crippen molar-refractivity contribution in [1.29, 1.82) is 0 Å². The summed E-state index contributed by atoms with van der Waals surface area (Å²) >= 11 is 0. The number of rotatable bonds is 0. The number of benzene rings is 4. The molecule has 0 fully saturated rings. The third-order valence-electron chi connectivity index (χ3n) is 5.93. The molecule has 0 radical (unpaired) electrons. The van der Waals surface area contributed by atoms with E-state index in [0.717, 1.165) is 66.8 Å². The highest BCUT2D eigenvalue weighted by atomic mass is 16.6. The molecule has 0 aromatic heterocycles. The summed E-state index contributed by atoms with van der Waals surface area (Å²) in [5, 5.41) is 6.11. The quantitative estimate of drug-likeness (QED) is 0.405. The van der Waals surface area contributed by atoms with Crippen molar-refractivity contribution in [1.82, 2.24) is 0 Å². The molecule has 4 aromatic carbocycles. The molecule has 0 atom stereocenters. The summed E-state index contributed by atoms with van der Waals surface area (Å²) in [6, 6.07) is 12.2. The molecule has 4 aromatic rings. The number of fused-ring (bicyclic) bond motifs is 12. The van der Waals surface area contributed by atoms with Crippen LogP contribution in [0.3, 0.4) is 0 Å². The fourth-order valence-electron chi connectivity index (χ4n) is 4.77. The smallest absolute Gasteiger partial charge is 0.169 e. The highest BCUT2D eigenvalue weighted by Gasteiger charge is 2.27. The minimum Gasteiger partial charge on any atom is -0.486 e. The molecule has 30 heavy (non-hydrogen) atoms. The molecule has 150 valence electrons. The maximum atomic E-state index is 6.11. The van der Waals surface area contributed by atoms with Gasteiger partial charge in [0.2, 0.25) is 0 Å². The summed E-state index contributed by atoms with van der Waals surface area (Å²) in [6.07, 6.45) is 0. The van der Waals surface area contributed by atoms with E-state index in [4.69, 9.17) is 28.4 Å². The lowest BCUT2D eigenvalue weighted by Crippen LogP contribution is -2.17. The zero-order chi connectivity index (χ0) is 19.7. The first-order chi connectivity index (χ1) is 14.9. The van der Waals surface area contributed by atoms with E-state index in [1.807, 2.05) is 18.2 Å². The predicted octanol–water partition coefficient (Wildman–Crippen LogP) is 4.46. The second kappa shape index (κ2) is 5.98. The Bertz CT molecular complexity index is 1160. The highest BCUT2D eigenvalue weighted by Crippen LogP contribution is 2.53. The van der Waals surface area contributed by atoms with Gasteiger partial charge in [0.05, 0.1) is 0 Å². The van der Waals surface area contributed by atoms with Gasteiger partial charge in [0.1, 0.15) is 39.6 Å². The van der Waals surface area contributed by atoms with E-state index in [0.29, 0.717) is 39.6 Å². The summed E-state index contributed by atoms with van der Waals surface area (Å²) in [6.45, 7) is 3.18. The van der Waals surface area contributed by atoms with Crippen molar-refractivity contribution in [3.63, 3.8) is 0 Å². The predicted molar refractivity (Wildman–Crippen MR) is 112 cm³/mol. The van der Waals surface area contributed by atoms with E-state index in [2.05, 4.69) is 18.2 Å². The van der Waals surface area contributed by atoms with Crippen LogP contribution in [0, 0.1) is 0 Å². The molecule has 3 aliphatic rings. The number of hydrogen-bond acceptors (Lipinski definition) is 6. The Morgan fingerprint density at radius 3 is 1.00 bits per heavy atom. The van der Waals surface area contributed by atoms with Gasteiger partial charge in [-0.1, -0.05) is 0 Å². The van der Waals surface area contributed by atoms with Gasteiger partial charge in [0, 0.05) is 16.2 Å². The summed E-state index contributed by atoms with van der Waals surface area (Å²) in [7, 11) is 0. The molecule has 0 spiro atoms. The van der Waals surface area contributed by atoms with Crippen molar-refractivity contribution in [2.24, 2.45) is 0 Å². The zero-order valence-electron chi connectivity index (χ0n) is 16.2. The molecule has 0 amide bonds. The Morgan fingerprint density at radius 1 is 0.367 bits per heavy atom. The lowest BCUT2D eigenvalue weighted by atomic mass is 9.91. The van der Waals surface area contributed by atoms with Crippen LogP contribution in [0.5, 0.6) is 34.5 Å². The zero-order valence-corrected chi connectivity index (χ0v) is 16.2. The number of hydrogen-bond donors (Lipinski definition) is 0. The molecular formula is C24H18O6. The minimum atomic E-state index is 0.517. The van der Waals surface area contributed by atoms with Gasteiger partial charge in [0.25, 0.3) is 0 Å². The Labute approximate surface area is 171 Å². The monoisotopic (exact) mass is 402 g/mol. The van der Waals surface area contributed by atoms with Crippen LogP contribution in [0.15, 0.2) is 36.4 Å². The first-order valence-corrected chi connectivity index (χ1v) is 10.2. The third kappa shape index (κ3) is 2.08. The van der Waals surface area contributed by atoms with Gasteiger partial charge in [-0.2, -0.15) is 0 Å². The van der Waals surface area contributed by atoms with Crippen molar-refractivity contribution in [2.45, 2.75) is 0 Å². The standard InChI is InChI=1S/C24H18O6/c1-4-16-22(28-10-7-25-16)19-13(1)20-15(2-5-17-23(20)29-11-8-26-17)21-14(19)3-6-18-24(21)30-12-9-27-18/h1-6H,7-12H2. The van der Waals surface area contributed by atoms with Gasteiger partial charge in [-0.25, -0.2) is 0 Å². The van der Waals surface area contributed by atoms with Crippen LogP contribution in [0.2, 0.25) is 0 Å². The van der Waals surface area contributed by atoms with Crippen LogP contribution in [0.1, 0.15) is 0 Å². The van der Waals surface area contributed by atoms with Crippen molar-refractivity contribution in [3.8, 4) is 34.5 Å². The Kier molecular flexibility index (Phi) is 3.25. The van der Waals surface area contributed by atoms with Gasteiger partial charge >= 0.3 is 0 Å². The van der Waals surface area contributed by atoms with Gasteiger partial charge in [-0.15, -0.1) is 0 Å². The molecular weight excluding hydrogens is 384 g/mol. The molecule has 0 N–H and O–H groups in total. The maximum Gasteiger partial charge on any atom is 0.169 e. The molecule has 3 heterocycles. The van der Waals surface area contributed by atoms with Crippen molar-refractivity contribution >= 4 is 32.3 Å². The van der Waals surface area contributed by atoms with Crippen LogP contribution in [0.4, 0.5) is 0 Å². The van der Waals surface area contributed by atoms with E-state index in [1.165, 1.54) is 0 Å². The van der Waals surface area contributed by atoms with Gasteiger partial charge in [-0.3, -0.25) is 0 Å². The normalized spacial score (nSPS) is 16.8. The van der Waals surface area contributed by atoms with Crippen molar-refractivity contribution in [2.75, 3.05) is 39.6 Å².